The highest BCUT2D eigenvalue weighted by molar-refractivity contribution is 7.98. The van der Waals surface area contributed by atoms with Crippen molar-refractivity contribution < 1.29 is 0 Å². The maximum atomic E-state index is 5.36. The van der Waals surface area contributed by atoms with Crippen LogP contribution in [0.4, 0.5) is 11.4 Å². The van der Waals surface area contributed by atoms with E-state index >= 15 is 0 Å². The Hall–Kier alpha value is -1.52. The maximum Gasteiger partial charge on any atom is 0.175 e. The minimum Gasteiger partial charge on any atom is -0.332 e. The molecule has 0 heterocycles. The summed E-state index contributed by atoms with van der Waals surface area (Å²) in [5.74, 6) is 0. The van der Waals surface area contributed by atoms with E-state index in [1.165, 1.54) is 16.0 Å². The van der Waals surface area contributed by atoms with Crippen molar-refractivity contribution in [2.75, 3.05) is 16.9 Å². The number of rotatable bonds is 3. The third-order valence-corrected chi connectivity index (χ3v) is 3.89. The lowest BCUT2D eigenvalue weighted by molar-refractivity contribution is 1.38. The number of benzene rings is 2. The van der Waals surface area contributed by atoms with Crippen LogP contribution in [0.2, 0.25) is 0 Å². The minimum absolute atomic E-state index is 0.607. The summed E-state index contributed by atoms with van der Waals surface area (Å²) in [4.78, 5) is 1.21. The van der Waals surface area contributed by atoms with Crippen LogP contribution in [0.3, 0.4) is 0 Å². The van der Waals surface area contributed by atoms with E-state index in [-0.39, 0.29) is 0 Å². The summed E-state index contributed by atoms with van der Waals surface area (Å²) in [5.41, 5.74) is 4.47. The van der Waals surface area contributed by atoms with Gasteiger partial charge < -0.3 is 10.6 Å². The van der Waals surface area contributed by atoms with Crippen LogP contribution in [-0.4, -0.2) is 11.4 Å². The molecule has 0 atom stereocenters. The number of thiocarbonyl (C=S) groups is 1. The van der Waals surface area contributed by atoms with E-state index in [9.17, 15) is 0 Å². The highest BCUT2D eigenvalue weighted by atomic mass is 32.2. The molecule has 0 radical (unpaired) electrons. The smallest absolute Gasteiger partial charge is 0.175 e. The minimum atomic E-state index is 0.607. The Morgan fingerprint density at radius 2 is 1.85 bits per heavy atom. The molecule has 0 saturated carbocycles. The Labute approximate surface area is 130 Å². The molecule has 0 saturated heterocycles. The number of hydrogen-bond acceptors (Lipinski definition) is 2. The van der Waals surface area contributed by atoms with Crippen LogP contribution >= 0.6 is 24.0 Å². The van der Waals surface area contributed by atoms with Gasteiger partial charge in [0.05, 0.1) is 0 Å². The van der Waals surface area contributed by atoms with Crippen molar-refractivity contribution in [3.8, 4) is 0 Å². The number of aryl methyl sites for hydroxylation is 2. The summed E-state index contributed by atoms with van der Waals surface area (Å²) >= 11 is 7.08. The number of anilines is 2. The molecule has 2 aromatic rings. The summed E-state index contributed by atoms with van der Waals surface area (Å²) in [6.07, 6.45) is 2.06. The summed E-state index contributed by atoms with van der Waals surface area (Å²) in [7, 11) is 0. The van der Waals surface area contributed by atoms with Crippen molar-refractivity contribution in [1.29, 1.82) is 0 Å². The fourth-order valence-electron chi connectivity index (χ4n) is 1.94. The molecule has 0 fully saturated rings. The lowest BCUT2D eigenvalue weighted by Crippen LogP contribution is -2.19. The van der Waals surface area contributed by atoms with E-state index in [0.29, 0.717) is 5.11 Å². The largest absolute Gasteiger partial charge is 0.332 e. The first-order valence-corrected chi connectivity index (χ1v) is 8.01. The quantitative estimate of drug-likeness (QED) is 0.626. The fraction of sp³-hybridized carbons (Fsp3) is 0.188. The third-order valence-electron chi connectivity index (χ3n) is 2.96. The molecular formula is C16H18N2S2. The number of thioether (sulfide) groups is 1. The van der Waals surface area contributed by atoms with Crippen molar-refractivity contribution in [1.82, 2.24) is 0 Å². The van der Waals surface area contributed by atoms with E-state index in [4.69, 9.17) is 12.2 Å². The summed E-state index contributed by atoms with van der Waals surface area (Å²) in [5, 5.41) is 7.06. The van der Waals surface area contributed by atoms with Crippen LogP contribution in [-0.2, 0) is 0 Å². The van der Waals surface area contributed by atoms with E-state index in [1.807, 2.05) is 12.1 Å². The van der Waals surface area contributed by atoms with Crippen molar-refractivity contribution in [3.05, 3.63) is 53.6 Å². The Bertz CT molecular complexity index is 624. The highest BCUT2D eigenvalue weighted by Crippen LogP contribution is 2.20. The Kier molecular flexibility index (Phi) is 5.04. The van der Waals surface area contributed by atoms with Gasteiger partial charge in [0.2, 0.25) is 0 Å². The average molecular weight is 302 g/mol. The standard InChI is InChI=1S/C16H18N2S2/c1-11-7-8-15(12(2)9-11)18-16(19)17-13-5-4-6-14(10-13)20-3/h4-10H,1-3H3,(H2,17,18,19). The van der Waals surface area contributed by atoms with Gasteiger partial charge in [-0.25, -0.2) is 0 Å². The fourth-order valence-corrected chi connectivity index (χ4v) is 2.63. The van der Waals surface area contributed by atoms with Gasteiger partial charge >= 0.3 is 0 Å². The van der Waals surface area contributed by atoms with Crippen LogP contribution in [0, 0.1) is 13.8 Å². The molecule has 2 nitrogen and oxygen atoms in total. The van der Waals surface area contributed by atoms with Gasteiger partial charge in [-0.05, 0) is 62.2 Å². The molecule has 2 rings (SSSR count). The van der Waals surface area contributed by atoms with Gasteiger partial charge in [0.25, 0.3) is 0 Å². The molecule has 0 aliphatic carbocycles. The van der Waals surface area contributed by atoms with Crippen molar-refractivity contribution in [3.63, 3.8) is 0 Å². The molecule has 2 N–H and O–H groups in total. The molecule has 4 heteroatoms. The van der Waals surface area contributed by atoms with E-state index in [0.717, 1.165) is 11.4 Å². The Morgan fingerprint density at radius 3 is 2.55 bits per heavy atom. The van der Waals surface area contributed by atoms with E-state index < -0.39 is 0 Å². The molecule has 104 valence electrons. The second kappa shape index (κ2) is 6.77. The summed E-state index contributed by atoms with van der Waals surface area (Å²) < 4.78 is 0. The first kappa shape index (κ1) is 14.9. The van der Waals surface area contributed by atoms with E-state index in [1.54, 1.807) is 11.8 Å². The molecule has 0 aromatic heterocycles. The van der Waals surface area contributed by atoms with Gasteiger partial charge in [0.1, 0.15) is 0 Å². The maximum absolute atomic E-state index is 5.36. The lowest BCUT2D eigenvalue weighted by atomic mass is 10.1. The van der Waals surface area contributed by atoms with Gasteiger partial charge in [0.15, 0.2) is 5.11 Å². The van der Waals surface area contributed by atoms with Gasteiger partial charge in [0, 0.05) is 16.3 Å². The molecule has 0 amide bonds. The van der Waals surface area contributed by atoms with Crippen LogP contribution in [0.1, 0.15) is 11.1 Å². The molecule has 0 aliphatic rings. The summed E-state index contributed by atoms with van der Waals surface area (Å²) in [6, 6.07) is 14.5. The zero-order valence-corrected chi connectivity index (χ0v) is 13.5. The zero-order chi connectivity index (χ0) is 14.5. The second-order valence-electron chi connectivity index (χ2n) is 4.63. The molecule has 20 heavy (non-hydrogen) atoms. The molecule has 0 unspecified atom stereocenters. The molecule has 0 bridgehead atoms. The van der Waals surface area contributed by atoms with Crippen LogP contribution in [0.25, 0.3) is 0 Å². The number of hydrogen-bond donors (Lipinski definition) is 2. The normalized spacial score (nSPS) is 10.2. The van der Waals surface area contributed by atoms with Gasteiger partial charge in [-0.2, -0.15) is 0 Å². The highest BCUT2D eigenvalue weighted by Gasteiger charge is 2.02. The van der Waals surface area contributed by atoms with Crippen molar-refractivity contribution >= 4 is 40.5 Å². The second-order valence-corrected chi connectivity index (χ2v) is 5.92. The predicted octanol–water partition coefficient (Wildman–Crippen LogP) is 4.83. The average Bonchev–Trinajstić information content (AvgIpc) is 2.42. The first-order valence-electron chi connectivity index (χ1n) is 6.38. The summed E-state index contributed by atoms with van der Waals surface area (Å²) in [6.45, 7) is 4.16. The van der Waals surface area contributed by atoms with Crippen LogP contribution in [0.5, 0.6) is 0 Å². The number of nitrogens with one attached hydrogen (secondary N) is 2. The molecule has 0 spiro atoms. The molecule has 2 aromatic carbocycles. The molecule has 0 aliphatic heterocycles. The van der Waals surface area contributed by atoms with Gasteiger partial charge in [-0.3, -0.25) is 0 Å². The third kappa shape index (κ3) is 3.99. The Balaban J connectivity index is 2.05. The van der Waals surface area contributed by atoms with Crippen molar-refractivity contribution in [2.45, 2.75) is 18.7 Å². The Morgan fingerprint density at radius 1 is 1.05 bits per heavy atom. The van der Waals surface area contributed by atoms with Gasteiger partial charge in [-0.1, -0.05) is 23.8 Å². The monoisotopic (exact) mass is 302 g/mol. The molecular weight excluding hydrogens is 284 g/mol. The first-order chi connectivity index (χ1) is 9.58. The topological polar surface area (TPSA) is 24.1 Å². The van der Waals surface area contributed by atoms with Crippen LogP contribution in [0.15, 0.2) is 47.4 Å². The predicted molar refractivity (Wildman–Crippen MR) is 94.0 cm³/mol. The van der Waals surface area contributed by atoms with Crippen LogP contribution < -0.4 is 10.6 Å². The van der Waals surface area contributed by atoms with Crippen molar-refractivity contribution in [2.24, 2.45) is 0 Å². The van der Waals surface area contributed by atoms with Gasteiger partial charge in [-0.15, -0.1) is 11.8 Å². The SMILES string of the molecule is CSc1cccc(NC(=S)Nc2ccc(C)cc2C)c1. The zero-order valence-electron chi connectivity index (χ0n) is 11.9. The van der Waals surface area contributed by atoms with E-state index in [2.05, 4.69) is 61.1 Å². The lowest BCUT2D eigenvalue weighted by Gasteiger charge is -2.13.